The first-order chi connectivity index (χ1) is 12.8. The molecule has 6 nitrogen and oxygen atoms in total. The van der Waals surface area contributed by atoms with Crippen LogP contribution >= 0.6 is 0 Å². The highest BCUT2D eigenvalue weighted by molar-refractivity contribution is 6.10. The Morgan fingerprint density at radius 1 is 1.31 bits per heavy atom. The van der Waals surface area contributed by atoms with E-state index in [9.17, 15) is 0 Å². The summed E-state index contributed by atoms with van der Waals surface area (Å²) in [6, 6.07) is 10.5. The number of aromatic nitrogens is 1. The molecule has 1 aliphatic heterocycles. The lowest BCUT2D eigenvalue weighted by Crippen LogP contribution is -2.29. The third-order valence-corrected chi connectivity index (χ3v) is 4.62. The first kappa shape index (κ1) is 18.4. The molecule has 1 aliphatic rings. The number of benzene rings is 1. The lowest BCUT2D eigenvalue weighted by molar-refractivity contribution is 0.461. The van der Waals surface area contributed by atoms with Gasteiger partial charge in [-0.15, -0.1) is 0 Å². The number of nitrogens with zero attached hydrogens (tertiary/aromatic N) is 2. The molecule has 6 N–H and O–H groups in total. The molecule has 0 bridgehead atoms. The number of nitrogens with two attached hydrogens (primary N) is 2. The minimum atomic E-state index is 0.355. The SMILES string of the molecule is N/C=C(\C=NC1CCNCC1)c1cc(NCCCN)c2ccccc2n1. The highest BCUT2D eigenvalue weighted by atomic mass is 14.9. The summed E-state index contributed by atoms with van der Waals surface area (Å²) in [6.45, 7) is 3.54. The molecule has 138 valence electrons. The van der Waals surface area contributed by atoms with Crippen molar-refractivity contribution >= 4 is 28.4 Å². The Morgan fingerprint density at radius 3 is 2.88 bits per heavy atom. The fourth-order valence-electron chi connectivity index (χ4n) is 3.13. The highest BCUT2D eigenvalue weighted by Gasteiger charge is 2.12. The number of para-hydroxylation sites is 1. The largest absolute Gasteiger partial charge is 0.404 e. The summed E-state index contributed by atoms with van der Waals surface area (Å²) in [5.41, 5.74) is 15.2. The highest BCUT2D eigenvalue weighted by Crippen LogP contribution is 2.25. The van der Waals surface area contributed by atoms with Gasteiger partial charge in [0.1, 0.15) is 0 Å². The maximum atomic E-state index is 5.89. The Bertz CT molecular complexity index is 777. The predicted octanol–water partition coefficient (Wildman–Crippen LogP) is 2.12. The fourth-order valence-corrected chi connectivity index (χ4v) is 3.13. The maximum absolute atomic E-state index is 5.89. The Labute approximate surface area is 154 Å². The van der Waals surface area contributed by atoms with Crippen LogP contribution in [0.15, 0.2) is 41.5 Å². The third-order valence-electron chi connectivity index (χ3n) is 4.62. The summed E-state index contributed by atoms with van der Waals surface area (Å²) in [5.74, 6) is 0. The number of hydrogen-bond donors (Lipinski definition) is 4. The molecule has 3 rings (SSSR count). The number of hydrogen-bond acceptors (Lipinski definition) is 6. The van der Waals surface area contributed by atoms with Crippen LogP contribution in [0.5, 0.6) is 0 Å². The lowest BCUT2D eigenvalue weighted by Gasteiger charge is -2.18. The fraction of sp³-hybridized carbons (Fsp3) is 0.400. The van der Waals surface area contributed by atoms with Crippen LogP contribution in [-0.4, -0.2) is 43.4 Å². The van der Waals surface area contributed by atoms with Crippen molar-refractivity contribution in [3.63, 3.8) is 0 Å². The summed E-state index contributed by atoms with van der Waals surface area (Å²) >= 11 is 0. The monoisotopic (exact) mass is 352 g/mol. The van der Waals surface area contributed by atoms with Gasteiger partial charge in [-0.25, -0.2) is 4.98 Å². The second-order valence-corrected chi connectivity index (χ2v) is 6.52. The first-order valence-electron chi connectivity index (χ1n) is 9.31. The zero-order chi connectivity index (χ0) is 18.2. The summed E-state index contributed by atoms with van der Waals surface area (Å²) in [7, 11) is 0. The Morgan fingerprint density at radius 2 is 2.12 bits per heavy atom. The molecule has 0 radical (unpaired) electrons. The average molecular weight is 352 g/mol. The Balaban J connectivity index is 1.88. The smallest absolute Gasteiger partial charge is 0.0760 e. The number of pyridine rings is 1. The number of nitrogens with one attached hydrogen (secondary N) is 2. The zero-order valence-corrected chi connectivity index (χ0v) is 15.1. The number of fused-ring (bicyclic) bond motifs is 1. The van der Waals surface area contributed by atoms with Gasteiger partial charge in [-0.3, -0.25) is 4.99 Å². The Kier molecular flexibility index (Phi) is 6.57. The topological polar surface area (TPSA) is 101 Å². The number of anilines is 1. The molecule has 6 heteroatoms. The third kappa shape index (κ3) is 4.59. The van der Waals surface area contributed by atoms with Crippen LogP contribution in [0.3, 0.4) is 0 Å². The summed E-state index contributed by atoms with van der Waals surface area (Å²) in [6.07, 6.45) is 6.50. The second kappa shape index (κ2) is 9.31. The van der Waals surface area contributed by atoms with Gasteiger partial charge in [-0.05, 0) is 51.0 Å². The van der Waals surface area contributed by atoms with Crippen molar-refractivity contribution in [2.24, 2.45) is 16.5 Å². The van der Waals surface area contributed by atoms with E-state index in [-0.39, 0.29) is 0 Å². The van der Waals surface area contributed by atoms with Gasteiger partial charge in [0, 0.05) is 35.6 Å². The van der Waals surface area contributed by atoms with Gasteiger partial charge >= 0.3 is 0 Å². The standard InChI is InChI=1S/C20H28N6/c21-8-3-9-24-20-12-19(26-18-5-2-1-4-17(18)20)15(13-22)14-25-16-6-10-23-11-7-16/h1-2,4-5,12-14,16,23H,3,6-11,21-22H2,(H,24,26)/b15-13+,25-14?. The molecule has 2 aromatic rings. The minimum Gasteiger partial charge on any atom is -0.404 e. The molecule has 1 fully saturated rings. The van der Waals surface area contributed by atoms with Crippen LogP contribution in [0.4, 0.5) is 5.69 Å². The molecular formula is C20H28N6. The van der Waals surface area contributed by atoms with Crippen LogP contribution in [0.1, 0.15) is 25.0 Å². The van der Waals surface area contributed by atoms with Crippen molar-refractivity contribution in [1.29, 1.82) is 0 Å². The van der Waals surface area contributed by atoms with Crippen LogP contribution in [0, 0.1) is 0 Å². The first-order valence-corrected chi connectivity index (χ1v) is 9.31. The molecule has 0 spiro atoms. The predicted molar refractivity (Wildman–Crippen MR) is 110 cm³/mol. The molecule has 1 aromatic carbocycles. The average Bonchev–Trinajstić information content (AvgIpc) is 2.69. The van der Waals surface area contributed by atoms with E-state index in [1.165, 1.54) is 0 Å². The van der Waals surface area contributed by atoms with E-state index in [1.54, 1.807) is 6.20 Å². The second-order valence-electron chi connectivity index (χ2n) is 6.52. The molecule has 0 amide bonds. The number of allylic oxidation sites excluding steroid dienone is 1. The maximum Gasteiger partial charge on any atom is 0.0760 e. The van der Waals surface area contributed by atoms with E-state index in [2.05, 4.69) is 16.7 Å². The van der Waals surface area contributed by atoms with Gasteiger partial charge in [0.15, 0.2) is 0 Å². The molecular weight excluding hydrogens is 324 g/mol. The van der Waals surface area contributed by atoms with Crippen molar-refractivity contribution in [3.05, 3.63) is 42.2 Å². The molecule has 0 saturated carbocycles. The lowest BCUT2D eigenvalue weighted by atomic mass is 10.1. The van der Waals surface area contributed by atoms with E-state index in [1.807, 2.05) is 30.5 Å². The number of aliphatic imine (C=N–C) groups is 1. The number of rotatable bonds is 7. The van der Waals surface area contributed by atoms with Crippen LogP contribution in [0.25, 0.3) is 16.5 Å². The molecule has 0 aliphatic carbocycles. The molecule has 2 heterocycles. The van der Waals surface area contributed by atoms with Gasteiger partial charge in [-0.1, -0.05) is 18.2 Å². The summed E-state index contributed by atoms with van der Waals surface area (Å²) in [5, 5.41) is 7.93. The normalized spacial score (nSPS) is 16.4. The zero-order valence-electron chi connectivity index (χ0n) is 15.1. The molecule has 0 unspecified atom stereocenters. The number of piperidine rings is 1. The molecule has 1 saturated heterocycles. The van der Waals surface area contributed by atoms with Crippen molar-refractivity contribution in [2.75, 3.05) is 31.5 Å². The van der Waals surface area contributed by atoms with E-state index in [0.717, 1.165) is 66.8 Å². The van der Waals surface area contributed by atoms with E-state index < -0.39 is 0 Å². The van der Waals surface area contributed by atoms with Crippen molar-refractivity contribution in [2.45, 2.75) is 25.3 Å². The van der Waals surface area contributed by atoms with Crippen LogP contribution in [-0.2, 0) is 0 Å². The quantitative estimate of drug-likeness (QED) is 0.452. The van der Waals surface area contributed by atoms with E-state index >= 15 is 0 Å². The van der Waals surface area contributed by atoms with Gasteiger partial charge in [0.2, 0.25) is 0 Å². The van der Waals surface area contributed by atoms with Gasteiger partial charge in [-0.2, -0.15) is 0 Å². The van der Waals surface area contributed by atoms with E-state index in [0.29, 0.717) is 12.6 Å². The van der Waals surface area contributed by atoms with Gasteiger partial charge in [0.25, 0.3) is 0 Å². The van der Waals surface area contributed by atoms with Crippen molar-refractivity contribution in [3.8, 4) is 0 Å². The molecule has 0 atom stereocenters. The molecule has 1 aromatic heterocycles. The van der Waals surface area contributed by atoms with Crippen molar-refractivity contribution in [1.82, 2.24) is 10.3 Å². The molecule has 26 heavy (non-hydrogen) atoms. The van der Waals surface area contributed by atoms with Crippen LogP contribution < -0.4 is 22.1 Å². The van der Waals surface area contributed by atoms with Crippen LogP contribution in [0.2, 0.25) is 0 Å². The van der Waals surface area contributed by atoms with E-state index in [4.69, 9.17) is 21.4 Å². The summed E-state index contributed by atoms with van der Waals surface area (Å²) in [4.78, 5) is 9.51. The van der Waals surface area contributed by atoms with Gasteiger partial charge < -0.3 is 22.1 Å². The Hall–Kier alpha value is -2.44. The van der Waals surface area contributed by atoms with Crippen molar-refractivity contribution < 1.29 is 0 Å². The summed E-state index contributed by atoms with van der Waals surface area (Å²) < 4.78 is 0. The minimum absolute atomic E-state index is 0.355. The van der Waals surface area contributed by atoms with Gasteiger partial charge in [0.05, 0.1) is 17.3 Å².